The molecule has 0 bridgehead atoms. The smallest absolute Gasteiger partial charge is 0.312 e. The molecule has 5 aromatic rings. The molecule has 1 aliphatic rings. The highest BCUT2D eigenvalue weighted by Crippen LogP contribution is 2.31. The van der Waals surface area contributed by atoms with Crippen LogP contribution in [0.1, 0.15) is 17.5 Å². The van der Waals surface area contributed by atoms with Gasteiger partial charge in [-0.05, 0) is 47.4 Å². The summed E-state index contributed by atoms with van der Waals surface area (Å²) in [5.74, 6) is 0.710. The van der Waals surface area contributed by atoms with Gasteiger partial charge in [-0.3, -0.25) is 13.9 Å². The van der Waals surface area contributed by atoms with E-state index in [2.05, 4.69) is 30.0 Å². The lowest BCUT2D eigenvalue weighted by molar-refractivity contribution is 0.597. The number of hydrogen-bond acceptors (Lipinski definition) is 4. The topological polar surface area (TPSA) is 65.1 Å². The van der Waals surface area contributed by atoms with Gasteiger partial charge < -0.3 is 9.47 Å². The second-order valence-electron chi connectivity index (χ2n) is 8.95. The van der Waals surface area contributed by atoms with E-state index < -0.39 is 0 Å². The van der Waals surface area contributed by atoms with Crippen molar-refractivity contribution in [3.05, 3.63) is 98.7 Å². The highest BCUT2D eigenvalue weighted by molar-refractivity contribution is 5.85. The van der Waals surface area contributed by atoms with Gasteiger partial charge >= 0.3 is 5.69 Å². The molecule has 0 spiro atoms. The van der Waals surface area contributed by atoms with Gasteiger partial charge in [0.25, 0.3) is 5.56 Å². The first-order chi connectivity index (χ1) is 16.5. The van der Waals surface area contributed by atoms with Crippen molar-refractivity contribution in [1.82, 2.24) is 18.7 Å². The van der Waals surface area contributed by atoms with Crippen LogP contribution < -0.4 is 16.1 Å². The number of nitrogens with zero attached hydrogens (tertiary/aromatic N) is 5. The Hall–Kier alpha value is -4.13. The number of aromatic nitrogens is 4. The number of aryl methyl sites for hydroxylation is 3. The summed E-state index contributed by atoms with van der Waals surface area (Å²) in [5, 5.41) is 2.13. The number of fused-ring (bicyclic) bond motifs is 4. The standard InChI is InChI=1S/C27H25N5O2/c1-18-8-5-12-21(16-18)30-14-7-15-31-23-24(28-26(30)31)29(2)27(34)32(25(23)33)17-20-11-6-10-19-9-3-4-13-22(19)20/h3-6,8-13,16H,7,14-15,17H2,1-2H3. The zero-order valence-corrected chi connectivity index (χ0v) is 19.2. The van der Waals surface area contributed by atoms with Gasteiger partial charge in [0, 0.05) is 25.8 Å². The average molecular weight is 452 g/mol. The van der Waals surface area contributed by atoms with Gasteiger partial charge in [0.15, 0.2) is 11.2 Å². The van der Waals surface area contributed by atoms with E-state index in [1.54, 1.807) is 7.05 Å². The van der Waals surface area contributed by atoms with Gasteiger partial charge in [-0.15, -0.1) is 0 Å². The molecule has 0 saturated carbocycles. The molecule has 7 heteroatoms. The van der Waals surface area contributed by atoms with Crippen LogP contribution in [0.15, 0.2) is 76.3 Å². The molecule has 170 valence electrons. The Kier molecular flexibility index (Phi) is 4.65. The molecule has 0 aliphatic carbocycles. The fraction of sp³-hybridized carbons (Fsp3) is 0.222. The lowest BCUT2D eigenvalue weighted by atomic mass is 10.0. The summed E-state index contributed by atoms with van der Waals surface area (Å²) in [6, 6.07) is 22.3. The molecule has 7 nitrogen and oxygen atoms in total. The molecule has 0 amide bonds. The Bertz CT molecular complexity index is 1690. The Morgan fingerprint density at radius 3 is 2.59 bits per heavy atom. The zero-order chi connectivity index (χ0) is 23.4. The Morgan fingerprint density at radius 2 is 1.74 bits per heavy atom. The van der Waals surface area contributed by atoms with Crippen molar-refractivity contribution in [2.45, 2.75) is 26.4 Å². The Morgan fingerprint density at radius 1 is 0.941 bits per heavy atom. The molecule has 34 heavy (non-hydrogen) atoms. The van der Waals surface area contributed by atoms with Gasteiger partial charge in [0.05, 0.1) is 6.54 Å². The summed E-state index contributed by atoms with van der Waals surface area (Å²) in [4.78, 5) is 34.0. The SMILES string of the molecule is Cc1cccc(N2CCCn3c2nc2c3c(=O)n(Cc3cccc4ccccc34)c(=O)n2C)c1. The van der Waals surface area contributed by atoms with E-state index in [1.807, 2.05) is 53.1 Å². The fourth-order valence-corrected chi connectivity index (χ4v) is 5.05. The third kappa shape index (κ3) is 3.08. The van der Waals surface area contributed by atoms with Gasteiger partial charge in [0.1, 0.15) is 0 Å². The van der Waals surface area contributed by atoms with Crippen molar-refractivity contribution in [3.63, 3.8) is 0 Å². The highest BCUT2D eigenvalue weighted by Gasteiger charge is 2.27. The summed E-state index contributed by atoms with van der Waals surface area (Å²) in [6.45, 7) is 3.78. The molecular formula is C27H25N5O2. The maximum absolute atomic E-state index is 13.7. The summed E-state index contributed by atoms with van der Waals surface area (Å²) in [7, 11) is 1.69. The van der Waals surface area contributed by atoms with E-state index in [0.29, 0.717) is 23.7 Å². The second kappa shape index (κ2) is 7.73. The number of benzene rings is 3. The quantitative estimate of drug-likeness (QED) is 0.417. The average Bonchev–Trinajstić information content (AvgIpc) is 3.25. The lowest BCUT2D eigenvalue weighted by Gasteiger charge is -2.29. The van der Waals surface area contributed by atoms with Crippen molar-refractivity contribution >= 4 is 33.6 Å². The summed E-state index contributed by atoms with van der Waals surface area (Å²) in [5.41, 5.74) is 3.40. The number of imidazole rings is 1. The minimum atomic E-state index is -0.358. The van der Waals surface area contributed by atoms with Gasteiger partial charge in [-0.1, -0.05) is 54.6 Å². The molecule has 0 unspecified atom stereocenters. The molecule has 0 N–H and O–H groups in total. The molecule has 0 saturated heterocycles. The molecule has 3 aromatic carbocycles. The summed E-state index contributed by atoms with van der Waals surface area (Å²) >= 11 is 0. The molecular weight excluding hydrogens is 426 g/mol. The third-order valence-corrected chi connectivity index (χ3v) is 6.74. The summed E-state index contributed by atoms with van der Waals surface area (Å²) < 4.78 is 4.81. The van der Waals surface area contributed by atoms with Crippen LogP contribution in [0.25, 0.3) is 21.9 Å². The predicted octanol–water partition coefficient (Wildman–Crippen LogP) is 3.95. The largest absolute Gasteiger partial charge is 0.332 e. The predicted molar refractivity (Wildman–Crippen MR) is 135 cm³/mol. The second-order valence-corrected chi connectivity index (χ2v) is 8.95. The molecule has 0 atom stereocenters. The fourth-order valence-electron chi connectivity index (χ4n) is 5.05. The van der Waals surface area contributed by atoms with E-state index in [0.717, 1.165) is 40.6 Å². The number of anilines is 2. The normalized spacial score (nSPS) is 13.5. The van der Waals surface area contributed by atoms with Crippen molar-refractivity contribution < 1.29 is 0 Å². The van der Waals surface area contributed by atoms with Gasteiger partial charge in [-0.25, -0.2) is 4.79 Å². The monoisotopic (exact) mass is 451 g/mol. The first-order valence-corrected chi connectivity index (χ1v) is 11.5. The van der Waals surface area contributed by atoms with Crippen LogP contribution in [0.4, 0.5) is 11.6 Å². The van der Waals surface area contributed by atoms with Crippen molar-refractivity contribution in [2.24, 2.45) is 7.05 Å². The third-order valence-electron chi connectivity index (χ3n) is 6.74. The van der Waals surface area contributed by atoms with Crippen molar-refractivity contribution in [2.75, 3.05) is 11.4 Å². The Balaban J connectivity index is 1.55. The molecule has 6 rings (SSSR count). The van der Waals surface area contributed by atoms with Crippen LogP contribution in [-0.4, -0.2) is 25.2 Å². The minimum absolute atomic E-state index is 0.213. The van der Waals surface area contributed by atoms with Gasteiger partial charge in [-0.2, -0.15) is 4.98 Å². The first kappa shape index (κ1) is 20.5. The Labute approximate surface area is 196 Å². The number of hydrogen-bond donors (Lipinski definition) is 0. The van der Waals surface area contributed by atoms with Crippen LogP contribution in [0.2, 0.25) is 0 Å². The molecule has 0 fully saturated rings. The van der Waals surface area contributed by atoms with Crippen molar-refractivity contribution in [1.29, 1.82) is 0 Å². The van der Waals surface area contributed by atoms with Crippen LogP contribution in [0, 0.1) is 6.92 Å². The summed E-state index contributed by atoms with van der Waals surface area (Å²) in [6.07, 6.45) is 0.887. The van der Waals surface area contributed by atoms with E-state index in [9.17, 15) is 9.59 Å². The van der Waals surface area contributed by atoms with Crippen LogP contribution in [0.5, 0.6) is 0 Å². The minimum Gasteiger partial charge on any atom is -0.312 e. The van der Waals surface area contributed by atoms with E-state index >= 15 is 0 Å². The first-order valence-electron chi connectivity index (χ1n) is 11.5. The van der Waals surface area contributed by atoms with E-state index in [1.165, 1.54) is 9.13 Å². The highest BCUT2D eigenvalue weighted by atomic mass is 16.2. The van der Waals surface area contributed by atoms with Crippen molar-refractivity contribution in [3.8, 4) is 0 Å². The molecule has 0 radical (unpaired) electrons. The van der Waals surface area contributed by atoms with Crippen LogP contribution >= 0.6 is 0 Å². The van der Waals surface area contributed by atoms with E-state index in [-0.39, 0.29) is 17.8 Å². The number of rotatable bonds is 3. The maximum atomic E-state index is 13.7. The van der Waals surface area contributed by atoms with Crippen LogP contribution in [-0.2, 0) is 20.1 Å². The van der Waals surface area contributed by atoms with E-state index in [4.69, 9.17) is 4.98 Å². The lowest BCUT2D eigenvalue weighted by Crippen LogP contribution is -2.40. The van der Waals surface area contributed by atoms with Gasteiger partial charge in [0.2, 0.25) is 5.95 Å². The molecule has 3 heterocycles. The van der Waals surface area contributed by atoms with Crippen LogP contribution in [0.3, 0.4) is 0 Å². The zero-order valence-electron chi connectivity index (χ0n) is 19.2. The molecule has 2 aromatic heterocycles. The maximum Gasteiger partial charge on any atom is 0.332 e. The molecule has 1 aliphatic heterocycles.